The largest absolute Gasteiger partial charge is 0.346 e. The van der Waals surface area contributed by atoms with Crippen LogP contribution in [0.3, 0.4) is 0 Å². The first-order valence-corrected chi connectivity index (χ1v) is 6.86. The molecule has 1 amide bonds. The molecule has 21 heavy (non-hydrogen) atoms. The molecule has 2 heterocycles. The molecule has 1 aliphatic rings. The molecule has 0 bridgehead atoms. The Labute approximate surface area is 126 Å². The zero-order valence-corrected chi connectivity index (χ0v) is 11.8. The van der Waals surface area contributed by atoms with E-state index in [0.29, 0.717) is 23.9 Å². The summed E-state index contributed by atoms with van der Waals surface area (Å²) in [4.78, 5) is 16.0. The SMILES string of the molecule is O=C(Nc1ccc(C2OCCO2)cc1)c1cc(Cl)ccn1. The van der Waals surface area contributed by atoms with Crippen molar-refractivity contribution in [2.75, 3.05) is 18.5 Å². The second kappa shape index (κ2) is 6.22. The summed E-state index contributed by atoms with van der Waals surface area (Å²) in [6, 6.07) is 10.4. The average Bonchev–Trinajstić information content (AvgIpc) is 3.02. The number of hydrogen-bond acceptors (Lipinski definition) is 4. The van der Waals surface area contributed by atoms with Gasteiger partial charge in [0.15, 0.2) is 6.29 Å². The summed E-state index contributed by atoms with van der Waals surface area (Å²) in [5.41, 5.74) is 1.86. The van der Waals surface area contributed by atoms with E-state index in [1.807, 2.05) is 12.1 Å². The number of aromatic nitrogens is 1. The number of ether oxygens (including phenoxy) is 2. The molecular formula is C15H13ClN2O3. The topological polar surface area (TPSA) is 60.5 Å². The zero-order chi connectivity index (χ0) is 14.7. The molecular weight excluding hydrogens is 292 g/mol. The molecule has 1 fully saturated rings. The van der Waals surface area contributed by atoms with Gasteiger partial charge >= 0.3 is 0 Å². The summed E-state index contributed by atoms with van der Waals surface area (Å²) >= 11 is 5.84. The number of rotatable bonds is 3. The maximum absolute atomic E-state index is 12.0. The van der Waals surface area contributed by atoms with E-state index >= 15 is 0 Å². The molecule has 0 unspecified atom stereocenters. The number of benzene rings is 1. The van der Waals surface area contributed by atoms with Crippen molar-refractivity contribution in [3.8, 4) is 0 Å². The Balaban J connectivity index is 1.68. The van der Waals surface area contributed by atoms with Crippen molar-refractivity contribution < 1.29 is 14.3 Å². The third-order valence-corrected chi connectivity index (χ3v) is 3.25. The smallest absolute Gasteiger partial charge is 0.274 e. The molecule has 0 radical (unpaired) electrons. The molecule has 1 saturated heterocycles. The second-order valence-corrected chi connectivity index (χ2v) is 4.95. The van der Waals surface area contributed by atoms with Crippen molar-refractivity contribution >= 4 is 23.2 Å². The van der Waals surface area contributed by atoms with E-state index in [1.165, 1.54) is 12.3 Å². The number of amides is 1. The number of nitrogens with zero attached hydrogens (tertiary/aromatic N) is 1. The predicted octanol–water partition coefficient (Wildman–Crippen LogP) is 3.03. The average molecular weight is 305 g/mol. The fourth-order valence-corrected chi connectivity index (χ4v) is 2.16. The lowest BCUT2D eigenvalue weighted by Crippen LogP contribution is -2.13. The normalized spacial score (nSPS) is 15.1. The van der Waals surface area contributed by atoms with Gasteiger partial charge in [-0.05, 0) is 24.3 Å². The van der Waals surface area contributed by atoms with E-state index in [9.17, 15) is 4.79 Å². The number of anilines is 1. The van der Waals surface area contributed by atoms with Crippen molar-refractivity contribution in [3.05, 3.63) is 58.9 Å². The molecule has 0 aliphatic carbocycles. The minimum absolute atomic E-state index is 0.272. The minimum Gasteiger partial charge on any atom is -0.346 e. The van der Waals surface area contributed by atoms with E-state index in [1.54, 1.807) is 18.2 Å². The summed E-state index contributed by atoms with van der Waals surface area (Å²) in [5.74, 6) is -0.307. The molecule has 1 N–H and O–H groups in total. The lowest BCUT2D eigenvalue weighted by Gasteiger charge is -2.10. The number of pyridine rings is 1. The van der Waals surface area contributed by atoms with Gasteiger partial charge in [-0.25, -0.2) is 0 Å². The molecule has 1 aromatic heterocycles. The fraction of sp³-hybridized carbons (Fsp3) is 0.200. The summed E-state index contributed by atoms with van der Waals surface area (Å²) < 4.78 is 10.8. The zero-order valence-electron chi connectivity index (χ0n) is 11.1. The summed E-state index contributed by atoms with van der Waals surface area (Å²) in [5, 5.41) is 3.23. The van der Waals surface area contributed by atoms with E-state index in [-0.39, 0.29) is 17.9 Å². The van der Waals surface area contributed by atoms with E-state index in [4.69, 9.17) is 21.1 Å². The number of hydrogen-bond donors (Lipinski definition) is 1. The van der Waals surface area contributed by atoms with Crippen LogP contribution in [-0.4, -0.2) is 24.1 Å². The third-order valence-electron chi connectivity index (χ3n) is 3.02. The second-order valence-electron chi connectivity index (χ2n) is 4.51. The Kier molecular flexibility index (Phi) is 4.15. The molecule has 0 saturated carbocycles. The highest BCUT2D eigenvalue weighted by Crippen LogP contribution is 2.24. The third kappa shape index (κ3) is 3.39. The summed E-state index contributed by atoms with van der Waals surface area (Å²) in [6.07, 6.45) is 1.18. The monoisotopic (exact) mass is 304 g/mol. The van der Waals surface area contributed by atoms with Crippen molar-refractivity contribution in [1.29, 1.82) is 0 Å². The molecule has 3 rings (SSSR count). The molecule has 0 atom stereocenters. The van der Waals surface area contributed by atoms with Crippen molar-refractivity contribution in [3.63, 3.8) is 0 Å². The lowest BCUT2D eigenvalue weighted by molar-refractivity contribution is -0.0441. The number of carbonyl (C=O) groups excluding carboxylic acids is 1. The molecule has 1 aromatic carbocycles. The first-order chi connectivity index (χ1) is 10.2. The van der Waals surface area contributed by atoms with Gasteiger partial charge in [-0.15, -0.1) is 0 Å². The number of halogens is 1. The van der Waals surface area contributed by atoms with Crippen LogP contribution in [0.5, 0.6) is 0 Å². The highest BCUT2D eigenvalue weighted by Gasteiger charge is 2.18. The maximum atomic E-state index is 12.0. The lowest BCUT2D eigenvalue weighted by atomic mass is 10.2. The van der Waals surface area contributed by atoms with Crippen LogP contribution in [0, 0.1) is 0 Å². The molecule has 6 heteroatoms. The van der Waals surface area contributed by atoms with Crippen LogP contribution in [-0.2, 0) is 9.47 Å². The van der Waals surface area contributed by atoms with Gasteiger partial charge in [-0.3, -0.25) is 9.78 Å². The predicted molar refractivity (Wildman–Crippen MR) is 78.3 cm³/mol. The van der Waals surface area contributed by atoms with Crippen LogP contribution < -0.4 is 5.32 Å². The van der Waals surface area contributed by atoms with Crippen molar-refractivity contribution in [2.45, 2.75) is 6.29 Å². The van der Waals surface area contributed by atoms with Gasteiger partial charge in [0.05, 0.1) is 13.2 Å². The van der Waals surface area contributed by atoms with E-state index in [2.05, 4.69) is 10.3 Å². The van der Waals surface area contributed by atoms with Gasteiger partial charge in [0, 0.05) is 22.5 Å². The summed E-state index contributed by atoms with van der Waals surface area (Å²) in [7, 11) is 0. The van der Waals surface area contributed by atoms with Gasteiger partial charge in [-0.2, -0.15) is 0 Å². The Hall–Kier alpha value is -1.95. The highest BCUT2D eigenvalue weighted by atomic mass is 35.5. The van der Waals surface area contributed by atoms with Crippen molar-refractivity contribution in [1.82, 2.24) is 4.98 Å². The van der Waals surface area contributed by atoms with Crippen LogP contribution in [0.15, 0.2) is 42.6 Å². The maximum Gasteiger partial charge on any atom is 0.274 e. The first kappa shape index (κ1) is 14.0. The van der Waals surface area contributed by atoms with Crippen LogP contribution in [0.1, 0.15) is 22.3 Å². The highest BCUT2D eigenvalue weighted by molar-refractivity contribution is 6.30. The van der Waals surface area contributed by atoms with Crippen LogP contribution in [0.4, 0.5) is 5.69 Å². The fourth-order valence-electron chi connectivity index (χ4n) is 2.00. The van der Waals surface area contributed by atoms with Crippen LogP contribution in [0.25, 0.3) is 0 Å². The minimum atomic E-state index is -0.315. The molecule has 5 nitrogen and oxygen atoms in total. The quantitative estimate of drug-likeness (QED) is 0.947. The van der Waals surface area contributed by atoms with Gasteiger partial charge in [0.2, 0.25) is 0 Å². The van der Waals surface area contributed by atoms with Crippen LogP contribution >= 0.6 is 11.6 Å². The molecule has 2 aromatic rings. The van der Waals surface area contributed by atoms with E-state index < -0.39 is 0 Å². The Morgan fingerprint density at radius 1 is 1.19 bits per heavy atom. The van der Waals surface area contributed by atoms with Crippen molar-refractivity contribution in [2.24, 2.45) is 0 Å². The molecule has 108 valence electrons. The van der Waals surface area contributed by atoms with Gasteiger partial charge in [0.1, 0.15) is 5.69 Å². The Morgan fingerprint density at radius 3 is 2.57 bits per heavy atom. The Bertz CT molecular complexity index is 640. The summed E-state index contributed by atoms with van der Waals surface area (Å²) in [6.45, 7) is 1.20. The Morgan fingerprint density at radius 2 is 1.90 bits per heavy atom. The van der Waals surface area contributed by atoms with Gasteiger partial charge in [-0.1, -0.05) is 23.7 Å². The molecule has 1 aliphatic heterocycles. The standard InChI is InChI=1S/C15H13ClN2O3/c16-11-5-6-17-13(9-11)14(19)18-12-3-1-10(2-4-12)15-20-7-8-21-15/h1-6,9,15H,7-8H2,(H,18,19). The van der Waals surface area contributed by atoms with Gasteiger partial charge < -0.3 is 14.8 Å². The van der Waals surface area contributed by atoms with Gasteiger partial charge in [0.25, 0.3) is 5.91 Å². The number of nitrogens with one attached hydrogen (secondary N) is 1. The van der Waals surface area contributed by atoms with Crippen LogP contribution in [0.2, 0.25) is 5.02 Å². The van der Waals surface area contributed by atoms with E-state index in [0.717, 1.165) is 5.56 Å². The molecule has 0 spiro atoms. The number of carbonyl (C=O) groups is 1. The first-order valence-electron chi connectivity index (χ1n) is 6.48.